The van der Waals surface area contributed by atoms with E-state index in [0.29, 0.717) is 12.0 Å². The lowest BCUT2D eigenvalue weighted by Gasteiger charge is -2.46. The predicted octanol–water partition coefficient (Wildman–Crippen LogP) is 3.18. The molecule has 4 heteroatoms. The molecule has 0 aromatic rings. The van der Waals surface area contributed by atoms with Crippen LogP contribution in [0, 0.1) is 17.3 Å². The van der Waals surface area contributed by atoms with E-state index >= 15 is 0 Å². The minimum absolute atomic E-state index is 0.00176. The van der Waals surface area contributed by atoms with Crippen LogP contribution in [0.25, 0.3) is 0 Å². The fourth-order valence-electron chi connectivity index (χ4n) is 4.06. The average molecular weight is 313 g/mol. The van der Waals surface area contributed by atoms with Gasteiger partial charge in [0.1, 0.15) is 0 Å². The maximum Gasteiger partial charge on any atom is 0.223 e. The standard InChI is InChI=1S/C17H32N2OS/c1-11-15(18)10-9-14(17(11,2)3)16(20)19-12-5-7-13(21-4)8-6-12/h11-15H,5-10,18H2,1-4H3,(H,19,20). The number of nitrogens with one attached hydrogen (secondary N) is 1. The Morgan fingerprint density at radius 2 is 1.76 bits per heavy atom. The van der Waals surface area contributed by atoms with Crippen molar-refractivity contribution in [1.29, 1.82) is 0 Å². The van der Waals surface area contributed by atoms with Crippen molar-refractivity contribution in [1.82, 2.24) is 5.32 Å². The second-order valence-electron chi connectivity index (χ2n) is 7.62. The third kappa shape index (κ3) is 3.76. The first-order chi connectivity index (χ1) is 9.86. The Kier molecular flexibility index (Phi) is 5.64. The summed E-state index contributed by atoms with van der Waals surface area (Å²) in [5.74, 6) is 0.783. The summed E-state index contributed by atoms with van der Waals surface area (Å²) in [6.07, 6.45) is 8.85. The number of hydrogen-bond acceptors (Lipinski definition) is 3. The number of amides is 1. The molecule has 2 fully saturated rings. The number of carbonyl (C=O) groups excluding carboxylic acids is 1. The number of thioether (sulfide) groups is 1. The van der Waals surface area contributed by atoms with Gasteiger partial charge >= 0.3 is 0 Å². The van der Waals surface area contributed by atoms with Gasteiger partial charge in [-0.1, -0.05) is 20.8 Å². The van der Waals surface area contributed by atoms with Gasteiger partial charge in [-0.2, -0.15) is 11.8 Å². The number of nitrogens with two attached hydrogens (primary N) is 1. The number of hydrogen-bond donors (Lipinski definition) is 2. The van der Waals surface area contributed by atoms with Crippen molar-refractivity contribution in [3.8, 4) is 0 Å². The molecule has 0 aromatic heterocycles. The second-order valence-corrected chi connectivity index (χ2v) is 8.76. The first-order valence-electron chi connectivity index (χ1n) is 8.45. The number of carbonyl (C=O) groups is 1. The topological polar surface area (TPSA) is 55.1 Å². The van der Waals surface area contributed by atoms with Crippen LogP contribution in [-0.2, 0) is 4.79 Å². The lowest BCUT2D eigenvalue weighted by Crippen LogP contribution is -2.53. The Morgan fingerprint density at radius 1 is 1.14 bits per heavy atom. The lowest BCUT2D eigenvalue weighted by atomic mass is 9.61. The molecule has 122 valence electrons. The summed E-state index contributed by atoms with van der Waals surface area (Å²) >= 11 is 1.97. The van der Waals surface area contributed by atoms with Gasteiger partial charge in [-0.3, -0.25) is 4.79 Å². The van der Waals surface area contributed by atoms with Crippen molar-refractivity contribution >= 4 is 17.7 Å². The molecule has 2 saturated carbocycles. The largest absolute Gasteiger partial charge is 0.353 e. The van der Waals surface area contributed by atoms with E-state index in [9.17, 15) is 4.79 Å². The zero-order valence-corrected chi connectivity index (χ0v) is 14.8. The van der Waals surface area contributed by atoms with Gasteiger partial charge < -0.3 is 11.1 Å². The summed E-state index contributed by atoms with van der Waals surface area (Å²) in [7, 11) is 0. The van der Waals surface area contributed by atoms with Crippen LogP contribution >= 0.6 is 11.8 Å². The second kappa shape index (κ2) is 6.91. The van der Waals surface area contributed by atoms with E-state index in [1.165, 1.54) is 12.8 Å². The molecule has 0 bridgehead atoms. The molecular formula is C17H32N2OS. The van der Waals surface area contributed by atoms with E-state index in [0.717, 1.165) is 30.9 Å². The average Bonchev–Trinajstić information content (AvgIpc) is 2.45. The molecule has 1 amide bonds. The maximum atomic E-state index is 12.7. The van der Waals surface area contributed by atoms with Crippen molar-refractivity contribution in [3.63, 3.8) is 0 Å². The highest BCUT2D eigenvalue weighted by molar-refractivity contribution is 7.99. The molecule has 3 nitrogen and oxygen atoms in total. The summed E-state index contributed by atoms with van der Waals surface area (Å²) < 4.78 is 0. The lowest BCUT2D eigenvalue weighted by molar-refractivity contribution is -0.133. The Morgan fingerprint density at radius 3 is 2.33 bits per heavy atom. The summed E-state index contributed by atoms with van der Waals surface area (Å²) in [6, 6.07) is 0.628. The third-order valence-corrected chi connectivity index (χ3v) is 7.31. The molecule has 2 aliphatic rings. The van der Waals surface area contributed by atoms with Crippen molar-refractivity contribution in [2.45, 2.75) is 76.6 Å². The normalized spacial score (nSPS) is 39.8. The number of rotatable bonds is 3. The molecular weight excluding hydrogens is 280 g/mol. The SMILES string of the molecule is CSC1CCC(NC(=O)C2CCC(N)C(C)C2(C)C)CC1. The Balaban J connectivity index is 1.91. The van der Waals surface area contributed by atoms with Crippen molar-refractivity contribution in [3.05, 3.63) is 0 Å². The van der Waals surface area contributed by atoms with Gasteiger partial charge in [0.15, 0.2) is 0 Å². The van der Waals surface area contributed by atoms with E-state index in [1.54, 1.807) is 0 Å². The van der Waals surface area contributed by atoms with Gasteiger partial charge in [0, 0.05) is 23.3 Å². The van der Waals surface area contributed by atoms with E-state index in [2.05, 4.69) is 32.3 Å². The van der Waals surface area contributed by atoms with Crippen molar-refractivity contribution < 1.29 is 4.79 Å². The molecule has 3 N–H and O–H groups in total. The van der Waals surface area contributed by atoms with E-state index in [4.69, 9.17) is 5.73 Å². The molecule has 0 aliphatic heterocycles. The molecule has 0 saturated heterocycles. The summed E-state index contributed by atoms with van der Waals surface area (Å²) in [5.41, 5.74) is 6.20. The van der Waals surface area contributed by atoms with E-state index in [1.807, 2.05) is 11.8 Å². The van der Waals surface area contributed by atoms with Crippen LogP contribution in [0.3, 0.4) is 0 Å². The Hall–Kier alpha value is -0.220. The molecule has 21 heavy (non-hydrogen) atoms. The van der Waals surface area contributed by atoms with Gasteiger partial charge in [-0.05, 0) is 56.1 Å². The maximum absolute atomic E-state index is 12.7. The zero-order chi connectivity index (χ0) is 15.6. The van der Waals surface area contributed by atoms with Gasteiger partial charge in [-0.15, -0.1) is 0 Å². The third-order valence-electron chi connectivity index (χ3n) is 6.17. The molecule has 0 spiro atoms. The zero-order valence-electron chi connectivity index (χ0n) is 14.0. The first-order valence-corrected chi connectivity index (χ1v) is 9.73. The molecule has 0 aromatic carbocycles. The fraction of sp³-hybridized carbons (Fsp3) is 0.941. The van der Waals surface area contributed by atoms with Gasteiger partial charge in [0.05, 0.1) is 0 Å². The monoisotopic (exact) mass is 312 g/mol. The van der Waals surface area contributed by atoms with Crippen molar-refractivity contribution in [2.24, 2.45) is 23.0 Å². The minimum atomic E-state index is -0.00176. The quantitative estimate of drug-likeness (QED) is 0.841. The van der Waals surface area contributed by atoms with Gasteiger partial charge in [0.2, 0.25) is 5.91 Å². The van der Waals surface area contributed by atoms with Crippen LogP contribution in [0.15, 0.2) is 0 Å². The summed E-state index contributed by atoms with van der Waals surface area (Å²) in [4.78, 5) is 12.7. The smallest absolute Gasteiger partial charge is 0.223 e. The van der Waals surface area contributed by atoms with Gasteiger partial charge in [-0.25, -0.2) is 0 Å². The van der Waals surface area contributed by atoms with Crippen LogP contribution in [0.4, 0.5) is 0 Å². The molecule has 2 rings (SSSR count). The van der Waals surface area contributed by atoms with E-state index < -0.39 is 0 Å². The highest BCUT2D eigenvalue weighted by Gasteiger charge is 2.45. The highest BCUT2D eigenvalue weighted by atomic mass is 32.2. The van der Waals surface area contributed by atoms with E-state index in [-0.39, 0.29) is 23.3 Å². The molecule has 0 heterocycles. The molecule has 3 unspecified atom stereocenters. The Labute approximate surface area is 134 Å². The predicted molar refractivity (Wildman–Crippen MR) is 91.3 cm³/mol. The molecule has 0 radical (unpaired) electrons. The van der Waals surface area contributed by atoms with Crippen LogP contribution in [0.1, 0.15) is 59.3 Å². The van der Waals surface area contributed by atoms with Crippen LogP contribution in [-0.4, -0.2) is 29.5 Å². The summed E-state index contributed by atoms with van der Waals surface area (Å²) in [5, 5.41) is 4.13. The molecule has 2 aliphatic carbocycles. The van der Waals surface area contributed by atoms with Crippen LogP contribution in [0.2, 0.25) is 0 Å². The van der Waals surface area contributed by atoms with Crippen LogP contribution < -0.4 is 11.1 Å². The highest BCUT2D eigenvalue weighted by Crippen LogP contribution is 2.44. The first kappa shape index (κ1) is 17.1. The fourth-order valence-corrected chi connectivity index (χ4v) is 4.81. The van der Waals surface area contributed by atoms with Crippen LogP contribution in [0.5, 0.6) is 0 Å². The Bertz CT molecular complexity index is 364. The van der Waals surface area contributed by atoms with Crippen molar-refractivity contribution in [2.75, 3.05) is 6.26 Å². The van der Waals surface area contributed by atoms with Gasteiger partial charge in [0.25, 0.3) is 0 Å². The molecule has 3 atom stereocenters. The summed E-state index contributed by atoms with van der Waals surface area (Å²) in [6.45, 7) is 6.63. The minimum Gasteiger partial charge on any atom is -0.353 e.